The van der Waals surface area contributed by atoms with Crippen molar-refractivity contribution in [2.45, 2.75) is 45.9 Å². The molecule has 7 nitrogen and oxygen atoms in total. The lowest BCUT2D eigenvalue weighted by molar-refractivity contribution is -0.148. The van der Waals surface area contributed by atoms with E-state index < -0.39 is 11.9 Å². The molecule has 0 saturated heterocycles. The number of hydrogen-bond acceptors (Lipinski definition) is 6. The number of carboxylic acid groups (broad SMARTS) is 1. The summed E-state index contributed by atoms with van der Waals surface area (Å²) in [7, 11) is 0. The van der Waals surface area contributed by atoms with Crippen LogP contribution in [0.1, 0.15) is 40.7 Å². The Morgan fingerprint density at radius 2 is 1.53 bits per heavy atom. The number of aliphatic hydroxyl groups is 1. The first kappa shape index (κ1) is 23.5. The van der Waals surface area contributed by atoms with Gasteiger partial charge < -0.3 is 24.4 Å². The third-order valence-electron chi connectivity index (χ3n) is 5.54. The number of carboxylic acids is 1. The predicted molar refractivity (Wildman–Crippen MR) is 124 cm³/mol. The maximum atomic E-state index is 11.6. The van der Waals surface area contributed by atoms with Gasteiger partial charge in [0, 0.05) is 5.56 Å². The molecular formula is C27H26O7. The van der Waals surface area contributed by atoms with Crippen molar-refractivity contribution >= 4 is 11.9 Å². The van der Waals surface area contributed by atoms with Gasteiger partial charge in [-0.2, -0.15) is 0 Å². The highest BCUT2D eigenvalue weighted by molar-refractivity contribution is 5.77. The molecule has 0 saturated carbocycles. The van der Waals surface area contributed by atoms with E-state index in [1.165, 1.54) is 0 Å². The lowest BCUT2D eigenvalue weighted by Gasteiger charge is -2.22. The normalized spacial score (nSPS) is 11.8. The Balaban J connectivity index is 1.31. The van der Waals surface area contributed by atoms with Gasteiger partial charge in [0.2, 0.25) is 0 Å². The van der Waals surface area contributed by atoms with Crippen molar-refractivity contribution < 1.29 is 34.0 Å². The van der Waals surface area contributed by atoms with Gasteiger partial charge in [0.1, 0.15) is 19.0 Å². The van der Waals surface area contributed by atoms with Gasteiger partial charge in [-0.05, 0) is 45.5 Å². The lowest BCUT2D eigenvalue weighted by Crippen LogP contribution is -2.07. The van der Waals surface area contributed by atoms with E-state index in [1.807, 2.05) is 48.5 Å². The summed E-state index contributed by atoms with van der Waals surface area (Å²) in [5.74, 6) is -0.767. The summed E-state index contributed by atoms with van der Waals surface area (Å²) < 4.78 is 16.9. The number of fused-ring (bicyclic) bond motifs is 3. The molecule has 1 aliphatic rings. The van der Waals surface area contributed by atoms with Crippen molar-refractivity contribution in [3.63, 3.8) is 0 Å². The molecule has 3 aromatic carbocycles. The van der Waals surface area contributed by atoms with Crippen LogP contribution in [0.4, 0.5) is 0 Å². The van der Waals surface area contributed by atoms with Gasteiger partial charge in [0.25, 0.3) is 0 Å². The van der Waals surface area contributed by atoms with Crippen LogP contribution in [0, 0.1) is 0 Å². The van der Waals surface area contributed by atoms with Crippen LogP contribution in [0.5, 0.6) is 5.75 Å². The second-order valence-electron chi connectivity index (χ2n) is 8.14. The van der Waals surface area contributed by atoms with Crippen LogP contribution in [-0.4, -0.2) is 22.2 Å². The van der Waals surface area contributed by atoms with Crippen molar-refractivity contribution in [1.82, 2.24) is 0 Å². The van der Waals surface area contributed by atoms with Crippen molar-refractivity contribution in [2.75, 3.05) is 0 Å². The zero-order valence-electron chi connectivity index (χ0n) is 18.7. The van der Waals surface area contributed by atoms with Crippen molar-refractivity contribution in [3.8, 4) is 16.9 Å². The molecule has 0 bridgehead atoms. The first-order valence-electron chi connectivity index (χ1n) is 11.0. The van der Waals surface area contributed by atoms with Crippen LogP contribution in [0.15, 0.2) is 60.7 Å². The second-order valence-corrected chi connectivity index (χ2v) is 8.14. The zero-order chi connectivity index (χ0) is 23.9. The lowest BCUT2D eigenvalue weighted by atomic mass is 9.94. The molecule has 4 rings (SSSR count). The molecule has 0 spiro atoms. The summed E-state index contributed by atoms with van der Waals surface area (Å²) in [6, 6.07) is 19.5. The smallest absolute Gasteiger partial charge is 0.306 e. The maximum Gasteiger partial charge on any atom is 0.306 e. The monoisotopic (exact) mass is 462 g/mol. The molecule has 0 aromatic heterocycles. The molecule has 7 heteroatoms. The number of esters is 1. The van der Waals surface area contributed by atoms with E-state index in [2.05, 4.69) is 12.1 Å². The summed E-state index contributed by atoms with van der Waals surface area (Å²) in [5.41, 5.74) is 6.88. The number of carbonyl (C=O) groups excluding carboxylic acids is 1. The Labute approximate surface area is 197 Å². The minimum Gasteiger partial charge on any atom is -0.488 e. The maximum absolute atomic E-state index is 11.6. The Morgan fingerprint density at radius 1 is 0.824 bits per heavy atom. The average Bonchev–Trinajstić information content (AvgIpc) is 2.85. The molecule has 1 heterocycles. The molecule has 3 aromatic rings. The van der Waals surface area contributed by atoms with Crippen LogP contribution >= 0.6 is 0 Å². The minimum atomic E-state index is -1.02. The van der Waals surface area contributed by atoms with E-state index in [0.29, 0.717) is 19.8 Å². The first-order chi connectivity index (χ1) is 16.5. The van der Waals surface area contributed by atoms with Crippen LogP contribution in [-0.2, 0) is 52.1 Å². The predicted octanol–water partition coefficient (Wildman–Crippen LogP) is 4.36. The largest absolute Gasteiger partial charge is 0.488 e. The SMILES string of the molecule is O=C(O)CCC(=O)OCc1cccc(COCc2ccc3c(c2)COc2cc(CO)ccc2-3)c1. The van der Waals surface area contributed by atoms with Crippen LogP contribution in [0.3, 0.4) is 0 Å². The van der Waals surface area contributed by atoms with Gasteiger partial charge in [0.05, 0.1) is 32.7 Å². The molecule has 2 N–H and O–H groups in total. The van der Waals surface area contributed by atoms with E-state index in [0.717, 1.165) is 44.7 Å². The van der Waals surface area contributed by atoms with Gasteiger partial charge in [-0.25, -0.2) is 0 Å². The number of aliphatic carboxylic acids is 1. The van der Waals surface area contributed by atoms with Gasteiger partial charge in [-0.3, -0.25) is 9.59 Å². The van der Waals surface area contributed by atoms with Gasteiger partial charge in [0.15, 0.2) is 0 Å². The van der Waals surface area contributed by atoms with Crippen LogP contribution < -0.4 is 4.74 Å². The Morgan fingerprint density at radius 3 is 2.29 bits per heavy atom. The summed E-state index contributed by atoms with van der Waals surface area (Å²) >= 11 is 0. The molecule has 34 heavy (non-hydrogen) atoms. The van der Waals surface area contributed by atoms with Crippen molar-refractivity contribution in [1.29, 1.82) is 0 Å². The Kier molecular flexibility index (Phi) is 7.57. The third-order valence-corrected chi connectivity index (χ3v) is 5.54. The van der Waals surface area contributed by atoms with Crippen LogP contribution in [0.25, 0.3) is 11.1 Å². The molecule has 176 valence electrons. The van der Waals surface area contributed by atoms with E-state index >= 15 is 0 Å². The number of hydrogen-bond donors (Lipinski definition) is 2. The fourth-order valence-corrected chi connectivity index (χ4v) is 3.82. The zero-order valence-corrected chi connectivity index (χ0v) is 18.7. The molecule has 0 fully saturated rings. The van der Waals surface area contributed by atoms with E-state index in [-0.39, 0.29) is 26.1 Å². The summed E-state index contributed by atoms with van der Waals surface area (Å²) in [4.78, 5) is 22.1. The molecule has 0 atom stereocenters. The Bertz CT molecular complexity index is 1190. The molecule has 0 amide bonds. The van der Waals surface area contributed by atoms with E-state index in [4.69, 9.17) is 19.3 Å². The number of carbonyl (C=O) groups is 2. The molecular weight excluding hydrogens is 436 g/mol. The van der Waals surface area contributed by atoms with Crippen LogP contribution in [0.2, 0.25) is 0 Å². The summed E-state index contributed by atoms with van der Waals surface area (Å²) in [6.45, 7) is 1.40. The quantitative estimate of drug-likeness (QED) is 0.432. The average molecular weight is 462 g/mol. The van der Waals surface area contributed by atoms with Crippen molar-refractivity contribution in [3.05, 3.63) is 88.5 Å². The molecule has 0 aliphatic carbocycles. The fraction of sp³-hybridized carbons (Fsp3) is 0.259. The van der Waals surface area contributed by atoms with E-state index in [9.17, 15) is 14.7 Å². The highest BCUT2D eigenvalue weighted by Gasteiger charge is 2.18. The third kappa shape index (κ3) is 6.01. The second kappa shape index (κ2) is 11.0. The summed E-state index contributed by atoms with van der Waals surface area (Å²) in [5, 5.41) is 18.0. The number of rotatable bonds is 10. The minimum absolute atomic E-state index is 0.0133. The molecule has 1 aliphatic heterocycles. The highest BCUT2D eigenvalue weighted by Crippen LogP contribution is 2.38. The fourth-order valence-electron chi connectivity index (χ4n) is 3.82. The number of aliphatic hydroxyl groups excluding tert-OH is 1. The van der Waals surface area contributed by atoms with Crippen molar-refractivity contribution in [2.24, 2.45) is 0 Å². The van der Waals surface area contributed by atoms with Gasteiger partial charge in [-0.1, -0.05) is 48.5 Å². The topological polar surface area (TPSA) is 102 Å². The first-order valence-corrected chi connectivity index (χ1v) is 11.0. The Hall–Kier alpha value is -3.68. The van der Waals surface area contributed by atoms with Gasteiger partial charge in [-0.15, -0.1) is 0 Å². The molecule has 0 unspecified atom stereocenters. The van der Waals surface area contributed by atoms with E-state index in [1.54, 1.807) is 0 Å². The highest BCUT2D eigenvalue weighted by atomic mass is 16.5. The van der Waals surface area contributed by atoms with Gasteiger partial charge >= 0.3 is 11.9 Å². The number of ether oxygens (including phenoxy) is 3. The summed E-state index contributed by atoms with van der Waals surface area (Å²) in [6.07, 6.45) is -0.377. The molecule has 0 radical (unpaired) electrons. The standard InChI is InChI=1S/C27H26O7/c28-13-18-4-7-24-23-6-5-21(11-22(23)17-33-25(24)12-18)15-32-14-19-2-1-3-20(10-19)16-34-27(31)9-8-26(29)30/h1-7,10-12,28H,8-9,13-17H2,(H,29,30). The number of benzene rings is 3.